The first kappa shape index (κ1) is 19.0. The molecule has 0 unspecified atom stereocenters. The summed E-state index contributed by atoms with van der Waals surface area (Å²) < 4.78 is 7.83. The van der Waals surface area contributed by atoms with Crippen molar-refractivity contribution in [3.63, 3.8) is 0 Å². The average molecular weight is 393 g/mol. The monoisotopic (exact) mass is 392 g/mol. The number of anilines is 1. The summed E-state index contributed by atoms with van der Waals surface area (Å²) in [5, 5.41) is 4.35. The van der Waals surface area contributed by atoms with Crippen LogP contribution in [0.1, 0.15) is 0 Å². The van der Waals surface area contributed by atoms with E-state index in [-0.39, 0.29) is 5.28 Å². The smallest absolute Gasteiger partial charge is 0.224 e. The SMILES string of the molecule is CNc1cccc(-c2nc(Cl)nc3c2ccn3COCCS(C)(C)C)c1. The highest BCUT2D eigenvalue weighted by atomic mass is 35.5. The van der Waals surface area contributed by atoms with Crippen molar-refractivity contribution < 1.29 is 4.74 Å². The van der Waals surface area contributed by atoms with Gasteiger partial charge in [0.2, 0.25) is 5.28 Å². The molecule has 2 aromatic heterocycles. The van der Waals surface area contributed by atoms with Gasteiger partial charge in [-0.3, -0.25) is 0 Å². The van der Waals surface area contributed by atoms with Gasteiger partial charge in [0.15, 0.2) is 0 Å². The Morgan fingerprint density at radius 2 is 2.00 bits per heavy atom. The zero-order chi connectivity index (χ0) is 18.7. The average Bonchev–Trinajstić information content (AvgIpc) is 3.00. The van der Waals surface area contributed by atoms with Gasteiger partial charge in [0.25, 0.3) is 0 Å². The van der Waals surface area contributed by atoms with Crippen LogP contribution in [-0.4, -0.2) is 52.7 Å². The van der Waals surface area contributed by atoms with Crippen molar-refractivity contribution in [2.75, 3.05) is 43.5 Å². The van der Waals surface area contributed by atoms with E-state index < -0.39 is 10.0 Å². The Morgan fingerprint density at radius 3 is 2.73 bits per heavy atom. The number of halogens is 1. The lowest BCUT2D eigenvalue weighted by atomic mass is 10.1. The highest BCUT2D eigenvalue weighted by Gasteiger charge is 2.13. The number of hydrogen-bond donors (Lipinski definition) is 1. The molecule has 2 heterocycles. The maximum atomic E-state index is 6.21. The first-order valence-electron chi connectivity index (χ1n) is 8.42. The van der Waals surface area contributed by atoms with Crippen LogP contribution in [0, 0.1) is 0 Å². The van der Waals surface area contributed by atoms with E-state index in [9.17, 15) is 0 Å². The number of ether oxygens (including phenoxy) is 1. The highest BCUT2D eigenvalue weighted by molar-refractivity contribution is 8.32. The molecule has 26 heavy (non-hydrogen) atoms. The molecule has 0 spiro atoms. The van der Waals surface area contributed by atoms with Crippen molar-refractivity contribution in [2.24, 2.45) is 0 Å². The molecule has 0 fully saturated rings. The van der Waals surface area contributed by atoms with Crippen molar-refractivity contribution >= 4 is 38.3 Å². The fourth-order valence-corrected chi connectivity index (χ4v) is 3.44. The topological polar surface area (TPSA) is 52.0 Å². The molecule has 140 valence electrons. The summed E-state index contributed by atoms with van der Waals surface area (Å²) in [6, 6.07) is 10.1. The Bertz CT molecular complexity index is 904. The zero-order valence-electron chi connectivity index (χ0n) is 15.6. The van der Waals surface area contributed by atoms with Crippen LogP contribution >= 0.6 is 21.6 Å². The van der Waals surface area contributed by atoms with Gasteiger partial charge in [0.05, 0.1) is 12.3 Å². The summed E-state index contributed by atoms with van der Waals surface area (Å²) in [6.45, 7) is 1.21. The van der Waals surface area contributed by atoms with Crippen LogP contribution in [0.4, 0.5) is 5.69 Å². The molecule has 0 bridgehead atoms. The maximum absolute atomic E-state index is 6.21. The van der Waals surface area contributed by atoms with Gasteiger partial charge in [-0.25, -0.2) is 15.0 Å². The number of nitrogens with zero attached hydrogens (tertiary/aromatic N) is 3. The van der Waals surface area contributed by atoms with Crippen LogP contribution in [0.3, 0.4) is 0 Å². The minimum absolute atomic E-state index is 0.237. The molecule has 1 N–H and O–H groups in total. The van der Waals surface area contributed by atoms with Crippen molar-refractivity contribution in [3.05, 3.63) is 41.8 Å². The highest BCUT2D eigenvalue weighted by Crippen LogP contribution is 2.34. The van der Waals surface area contributed by atoms with Gasteiger partial charge in [-0.2, -0.15) is 4.98 Å². The van der Waals surface area contributed by atoms with Crippen LogP contribution in [-0.2, 0) is 11.5 Å². The first-order valence-corrected chi connectivity index (χ1v) is 11.8. The molecular formula is C19H25ClN4OS. The van der Waals surface area contributed by atoms with E-state index in [0.717, 1.165) is 40.3 Å². The van der Waals surface area contributed by atoms with Gasteiger partial charge in [0, 0.05) is 35.6 Å². The molecular weight excluding hydrogens is 368 g/mol. The van der Waals surface area contributed by atoms with E-state index in [1.807, 2.05) is 42.1 Å². The fraction of sp³-hybridized carbons (Fsp3) is 0.368. The number of nitrogens with one attached hydrogen (secondary N) is 1. The molecule has 0 atom stereocenters. The number of fused-ring (bicyclic) bond motifs is 1. The van der Waals surface area contributed by atoms with E-state index in [1.165, 1.54) is 0 Å². The Hall–Kier alpha value is -1.76. The van der Waals surface area contributed by atoms with E-state index in [0.29, 0.717) is 6.73 Å². The minimum atomic E-state index is -0.551. The summed E-state index contributed by atoms with van der Waals surface area (Å²) in [7, 11) is 1.35. The molecule has 0 aliphatic carbocycles. The van der Waals surface area contributed by atoms with E-state index in [4.69, 9.17) is 16.3 Å². The molecule has 0 saturated heterocycles. The minimum Gasteiger partial charge on any atom is -0.388 e. The quantitative estimate of drug-likeness (QED) is 0.476. The lowest BCUT2D eigenvalue weighted by Crippen LogP contribution is -2.09. The van der Waals surface area contributed by atoms with Crippen LogP contribution in [0.5, 0.6) is 0 Å². The van der Waals surface area contributed by atoms with Crippen LogP contribution in [0.25, 0.3) is 22.3 Å². The summed E-state index contributed by atoms with van der Waals surface area (Å²) in [5.41, 5.74) is 3.65. The number of rotatable bonds is 7. The largest absolute Gasteiger partial charge is 0.388 e. The maximum Gasteiger partial charge on any atom is 0.224 e. The predicted molar refractivity (Wildman–Crippen MR) is 114 cm³/mol. The summed E-state index contributed by atoms with van der Waals surface area (Å²) in [4.78, 5) is 8.88. The van der Waals surface area contributed by atoms with Crippen molar-refractivity contribution in [3.8, 4) is 11.3 Å². The molecule has 3 aromatic rings. The molecule has 3 rings (SSSR count). The van der Waals surface area contributed by atoms with E-state index in [2.05, 4.69) is 40.1 Å². The summed E-state index contributed by atoms with van der Waals surface area (Å²) >= 11 is 6.21. The van der Waals surface area contributed by atoms with Gasteiger partial charge < -0.3 is 14.6 Å². The second-order valence-electron chi connectivity index (χ2n) is 7.03. The Kier molecular flexibility index (Phi) is 5.75. The molecule has 0 amide bonds. The van der Waals surface area contributed by atoms with Gasteiger partial charge in [-0.15, -0.1) is 0 Å². The van der Waals surface area contributed by atoms with Gasteiger partial charge in [-0.1, -0.05) is 12.1 Å². The lowest BCUT2D eigenvalue weighted by Gasteiger charge is -2.24. The van der Waals surface area contributed by atoms with Crippen molar-refractivity contribution in [2.45, 2.75) is 6.73 Å². The second-order valence-corrected chi connectivity index (χ2v) is 12.0. The summed E-state index contributed by atoms with van der Waals surface area (Å²) in [5.74, 6) is 1.09. The third kappa shape index (κ3) is 4.50. The number of benzene rings is 1. The molecule has 0 aliphatic heterocycles. The fourth-order valence-electron chi connectivity index (χ4n) is 2.66. The molecule has 1 aromatic carbocycles. The zero-order valence-corrected chi connectivity index (χ0v) is 17.2. The Labute approximate surface area is 161 Å². The standard InChI is InChI=1S/C19H25ClN4OS/c1-21-15-7-5-6-14(12-15)17-16-8-9-24(18(16)23-19(20)22-17)13-25-10-11-26(2,3)4/h5-9,12,21H,10-11,13H2,1-4H3. The van der Waals surface area contributed by atoms with Gasteiger partial charge in [-0.05, 0) is 48.6 Å². The van der Waals surface area contributed by atoms with E-state index >= 15 is 0 Å². The Balaban J connectivity index is 1.89. The van der Waals surface area contributed by atoms with Crippen molar-refractivity contribution in [1.29, 1.82) is 0 Å². The number of aromatic nitrogens is 3. The van der Waals surface area contributed by atoms with Gasteiger partial charge >= 0.3 is 0 Å². The lowest BCUT2D eigenvalue weighted by molar-refractivity contribution is 0.0923. The number of hydrogen-bond acceptors (Lipinski definition) is 4. The van der Waals surface area contributed by atoms with Crippen LogP contribution < -0.4 is 5.32 Å². The van der Waals surface area contributed by atoms with Crippen LogP contribution in [0.15, 0.2) is 36.5 Å². The second kappa shape index (κ2) is 7.86. The molecule has 0 saturated carbocycles. The third-order valence-corrected chi connectivity index (χ3v) is 5.65. The van der Waals surface area contributed by atoms with Crippen LogP contribution in [0.2, 0.25) is 5.28 Å². The molecule has 5 nitrogen and oxygen atoms in total. The predicted octanol–water partition coefficient (Wildman–Crippen LogP) is 4.46. The Morgan fingerprint density at radius 1 is 1.19 bits per heavy atom. The van der Waals surface area contributed by atoms with Gasteiger partial charge in [0.1, 0.15) is 12.4 Å². The molecule has 7 heteroatoms. The van der Waals surface area contributed by atoms with Crippen molar-refractivity contribution in [1.82, 2.24) is 14.5 Å². The third-order valence-electron chi connectivity index (χ3n) is 4.09. The summed E-state index contributed by atoms with van der Waals surface area (Å²) in [6.07, 6.45) is 8.85. The van der Waals surface area contributed by atoms with E-state index in [1.54, 1.807) is 0 Å². The first-order chi connectivity index (χ1) is 12.4. The molecule has 0 radical (unpaired) electrons. The molecule has 0 aliphatic rings. The normalized spacial score (nSPS) is 12.5.